The Morgan fingerprint density at radius 2 is 2.19 bits per heavy atom. The molecule has 0 aliphatic rings. The topological polar surface area (TPSA) is 33.4 Å². The van der Waals surface area contributed by atoms with Crippen LogP contribution >= 0.6 is 0 Å². The smallest absolute Gasteiger partial charge is 0.134 e. The summed E-state index contributed by atoms with van der Waals surface area (Å²) in [7, 11) is 0. The van der Waals surface area contributed by atoms with Crippen molar-refractivity contribution in [3.05, 3.63) is 48.2 Å². The maximum Gasteiger partial charge on any atom is 0.134 e. The molecule has 1 heterocycles. The first-order valence-electron chi connectivity index (χ1n) is 5.47. The minimum absolute atomic E-state index is 0.472. The van der Waals surface area contributed by atoms with Crippen LogP contribution in [0.1, 0.15) is 31.4 Å². The molecule has 1 aromatic heterocycles. The lowest BCUT2D eigenvalue weighted by Gasteiger charge is -2.08. The summed E-state index contributed by atoms with van der Waals surface area (Å²) >= 11 is 0. The average molecular weight is 216 g/mol. The van der Waals surface area contributed by atoms with Crippen LogP contribution < -0.4 is 0 Å². The highest BCUT2D eigenvalue weighted by Crippen LogP contribution is 2.29. The summed E-state index contributed by atoms with van der Waals surface area (Å²) in [6.07, 6.45) is 2.70. The molecule has 0 bridgehead atoms. The highest BCUT2D eigenvalue weighted by atomic mass is 16.3. The van der Waals surface area contributed by atoms with E-state index in [1.165, 1.54) is 0 Å². The predicted molar refractivity (Wildman–Crippen MR) is 65.2 cm³/mol. The summed E-state index contributed by atoms with van der Waals surface area (Å²) in [5.74, 6) is 0. The Labute approximate surface area is 95.2 Å². The summed E-state index contributed by atoms with van der Waals surface area (Å²) in [6.45, 7) is 5.81. The summed E-state index contributed by atoms with van der Waals surface area (Å²) in [5.41, 5.74) is 2.79. The molecule has 1 atom stereocenters. The monoisotopic (exact) mass is 216 g/mol. The lowest BCUT2D eigenvalue weighted by atomic mass is 10.0. The second-order valence-corrected chi connectivity index (χ2v) is 4.20. The molecule has 0 saturated carbocycles. The molecule has 2 rings (SSSR count). The van der Waals surface area contributed by atoms with Crippen LogP contribution in [-0.2, 0) is 0 Å². The summed E-state index contributed by atoms with van der Waals surface area (Å²) in [5, 5.41) is 11.1. The third-order valence-electron chi connectivity index (χ3n) is 2.71. The fourth-order valence-electron chi connectivity index (χ4n) is 1.80. The van der Waals surface area contributed by atoms with E-state index >= 15 is 0 Å². The van der Waals surface area contributed by atoms with Crippen molar-refractivity contribution in [2.45, 2.75) is 25.9 Å². The fourth-order valence-corrected chi connectivity index (χ4v) is 1.80. The van der Waals surface area contributed by atoms with E-state index in [0.717, 1.165) is 28.5 Å². The van der Waals surface area contributed by atoms with E-state index in [4.69, 9.17) is 4.42 Å². The Morgan fingerprint density at radius 1 is 1.44 bits per heavy atom. The third kappa shape index (κ3) is 2.17. The van der Waals surface area contributed by atoms with Gasteiger partial charge in [-0.3, -0.25) is 0 Å². The van der Waals surface area contributed by atoms with Crippen LogP contribution in [0.3, 0.4) is 0 Å². The van der Waals surface area contributed by atoms with Crippen molar-refractivity contribution in [2.24, 2.45) is 0 Å². The standard InChI is InChI=1S/C14H16O2/c1-10(2)7-8-13(15)12-9-16-14-6-4-3-5-11(12)14/h3-6,9,13,15H,1,7-8H2,2H3. The van der Waals surface area contributed by atoms with Crippen LogP contribution in [0, 0.1) is 0 Å². The molecule has 1 aromatic carbocycles. The van der Waals surface area contributed by atoms with Gasteiger partial charge in [0, 0.05) is 10.9 Å². The molecular formula is C14H16O2. The zero-order chi connectivity index (χ0) is 11.5. The summed E-state index contributed by atoms with van der Waals surface area (Å²) in [4.78, 5) is 0. The van der Waals surface area contributed by atoms with E-state index in [1.807, 2.05) is 31.2 Å². The molecule has 0 aliphatic heterocycles. The van der Waals surface area contributed by atoms with Gasteiger partial charge in [-0.05, 0) is 25.8 Å². The number of rotatable bonds is 4. The number of aliphatic hydroxyl groups excluding tert-OH is 1. The number of fused-ring (bicyclic) bond motifs is 1. The zero-order valence-corrected chi connectivity index (χ0v) is 9.44. The Balaban J connectivity index is 2.22. The molecule has 2 heteroatoms. The van der Waals surface area contributed by atoms with Crippen LogP contribution in [0.4, 0.5) is 0 Å². The van der Waals surface area contributed by atoms with Gasteiger partial charge in [-0.2, -0.15) is 0 Å². The maximum atomic E-state index is 10.1. The largest absolute Gasteiger partial charge is 0.464 e. The van der Waals surface area contributed by atoms with Crippen molar-refractivity contribution in [3.8, 4) is 0 Å². The number of para-hydroxylation sites is 1. The molecular weight excluding hydrogens is 200 g/mol. The molecule has 0 spiro atoms. The first kappa shape index (κ1) is 11.0. The minimum atomic E-state index is -0.472. The van der Waals surface area contributed by atoms with Gasteiger partial charge in [0.05, 0.1) is 12.4 Å². The van der Waals surface area contributed by atoms with Gasteiger partial charge in [0.15, 0.2) is 0 Å². The molecule has 2 aromatic rings. The van der Waals surface area contributed by atoms with E-state index in [0.29, 0.717) is 6.42 Å². The van der Waals surface area contributed by atoms with Crippen LogP contribution in [0.2, 0.25) is 0 Å². The molecule has 0 aliphatic carbocycles. The molecule has 1 N–H and O–H groups in total. The van der Waals surface area contributed by atoms with Gasteiger partial charge in [0.2, 0.25) is 0 Å². The van der Waals surface area contributed by atoms with Gasteiger partial charge in [-0.1, -0.05) is 23.8 Å². The average Bonchev–Trinajstić information content (AvgIpc) is 2.69. The van der Waals surface area contributed by atoms with Gasteiger partial charge in [0.25, 0.3) is 0 Å². The SMILES string of the molecule is C=C(C)CCC(O)c1coc2ccccc12. The number of allylic oxidation sites excluding steroid dienone is 1. The number of hydrogen-bond acceptors (Lipinski definition) is 2. The van der Waals surface area contributed by atoms with E-state index < -0.39 is 6.10 Å². The van der Waals surface area contributed by atoms with E-state index in [9.17, 15) is 5.11 Å². The second-order valence-electron chi connectivity index (χ2n) is 4.20. The third-order valence-corrected chi connectivity index (χ3v) is 2.71. The first-order valence-corrected chi connectivity index (χ1v) is 5.47. The number of aliphatic hydroxyl groups is 1. The molecule has 0 fully saturated rings. The van der Waals surface area contributed by atoms with Crippen LogP contribution in [-0.4, -0.2) is 5.11 Å². The van der Waals surface area contributed by atoms with Gasteiger partial charge in [-0.15, -0.1) is 6.58 Å². The number of furan rings is 1. The Bertz CT molecular complexity index is 496. The normalized spacial score (nSPS) is 12.9. The van der Waals surface area contributed by atoms with E-state index in [-0.39, 0.29) is 0 Å². The predicted octanol–water partition coefficient (Wildman–Crippen LogP) is 3.82. The van der Waals surface area contributed by atoms with Crippen LogP contribution in [0.15, 0.2) is 47.1 Å². The van der Waals surface area contributed by atoms with Crippen molar-refractivity contribution in [1.29, 1.82) is 0 Å². The van der Waals surface area contributed by atoms with E-state index in [2.05, 4.69) is 6.58 Å². The Morgan fingerprint density at radius 3 is 2.94 bits per heavy atom. The van der Waals surface area contributed by atoms with Crippen molar-refractivity contribution >= 4 is 11.0 Å². The Hall–Kier alpha value is -1.54. The molecule has 1 unspecified atom stereocenters. The quantitative estimate of drug-likeness (QED) is 0.788. The van der Waals surface area contributed by atoms with Gasteiger partial charge in [-0.25, -0.2) is 0 Å². The zero-order valence-electron chi connectivity index (χ0n) is 9.44. The van der Waals surface area contributed by atoms with Crippen molar-refractivity contribution in [3.63, 3.8) is 0 Å². The first-order chi connectivity index (χ1) is 7.68. The van der Waals surface area contributed by atoms with Crippen LogP contribution in [0.5, 0.6) is 0 Å². The van der Waals surface area contributed by atoms with E-state index in [1.54, 1.807) is 6.26 Å². The second kappa shape index (κ2) is 4.54. The molecule has 2 nitrogen and oxygen atoms in total. The lowest BCUT2D eigenvalue weighted by molar-refractivity contribution is 0.168. The summed E-state index contributed by atoms with van der Waals surface area (Å²) in [6, 6.07) is 7.76. The molecule has 0 saturated heterocycles. The van der Waals surface area contributed by atoms with Crippen molar-refractivity contribution in [2.75, 3.05) is 0 Å². The molecule has 0 amide bonds. The van der Waals surface area contributed by atoms with Crippen LogP contribution in [0.25, 0.3) is 11.0 Å². The number of hydrogen-bond donors (Lipinski definition) is 1. The molecule has 84 valence electrons. The van der Waals surface area contributed by atoms with Gasteiger partial charge < -0.3 is 9.52 Å². The number of benzene rings is 1. The van der Waals surface area contributed by atoms with Gasteiger partial charge >= 0.3 is 0 Å². The molecule has 0 radical (unpaired) electrons. The summed E-state index contributed by atoms with van der Waals surface area (Å²) < 4.78 is 5.39. The van der Waals surface area contributed by atoms with Crippen molar-refractivity contribution < 1.29 is 9.52 Å². The highest BCUT2D eigenvalue weighted by molar-refractivity contribution is 5.81. The Kier molecular flexibility index (Phi) is 3.11. The van der Waals surface area contributed by atoms with Gasteiger partial charge in [0.1, 0.15) is 5.58 Å². The molecule has 16 heavy (non-hydrogen) atoms. The maximum absolute atomic E-state index is 10.1. The fraction of sp³-hybridized carbons (Fsp3) is 0.286. The van der Waals surface area contributed by atoms with Crippen molar-refractivity contribution in [1.82, 2.24) is 0 Å². The minimum Gasteiger partial charge on any atom is -0.464 e. The lowest BCUT2D eigenvalue weighted by Crippen LogP contribution is -1.96. The highest BCUT2D eigenvalue weighted by Gasteiger charge is 2.13.